The van der Waals surface area contributed by atoms with Crippen molar-refractivity contribution < 1.29 is 4.74 Å². The van der Waals surface area contributed by atoms with Crippen LogP contribution in [0.25, 0.3) is 0 Å². The van der Waals surface area contributed by atoms with Gasteiger partial charge in [-0.05, 0) is 61.7 Å². The van der Waals surface area contributed by atoms with Crippen molar-refractivity contribution in [3.05, 3.63) is 0 Å². The fourth-order valence-corrected chi connectivity index (χ4v) is 7.07. The standard InChI is InChI=1S/C19H33BrO/c1-14-6-7-16(17(20)12-14)18(2,3)15-8-11-21-19(13-15)9-4-5-10-19/h14-17H,4-13H2,1-3H3. The maximum Gasteiger partial charge on any atom is 0.0685 e. The third kappa shape index (κ3) is 3.22. The predicted octanol–water partition coefficient (Wildman–Crippen LogP) is 5.95. The van der Waals surface area contributed by atoms with Gasteiger partial charge < -0.3 is 4.74 Å². The molecular formula is C19H33BrO. The van der Waals surface area contributed by atoms with Crippen molar-refractivity contribution >= 4 is 15.9 Å². The molecule has 1 heterocycles. The van der Waals surface area contributed by atoms with Crippen LogP contribution in [0.1, 0.15) is 78.6 Å². The first-order chi connectivity index (χ1) is 9.93. The Bertz CT molecular complexity index is 359. The van der Waals surface area contributed by atoms with Gasteiger partial charge in [0.1, 0.15) is 0 Å². The molecule has 2 heteroatoms. The van der Waals surface area contributed by atoms with Crippen molar-refractivity contribution in [3.63, 3.8) is 0 Å². The predicted molar refractivity (Wildman–Crippen MR) is 92.9 cm³/mol. The average molecular weight is 357 g/mol. The van der Waals surface area contributed by atoms with Gasteiger partial charge in [-0.15, -0.1) is 0 Å². The van der Waals surface area contributed by atoms with Crippen molar-refractivity contribution in [1.29, 1.82) is 0 Å². The van der Waals surface area contributed by atoms with Gasteiger partial charge in [0, 0.05) is 11.4 Å². The summed E-state index contributed by atoms with van der Waals surface area (Å²) in [6, 6.07) is 0. The van der Waals surface area contributed by atoms with Gasteiger partial charge in [0.2, 0.25) is 0 Å². The van der Waals surface area contributed by atoms with Crippen molar-refractivity contribution in [2.75, 3.05) is 6.61 Å². The Balaban J connectivity index is 1.71. The SMILES string of the molecule is CC1CCC(C(C)(C)C2CCOC3(CCCC3)C2)C(Br)C1. The summed E-state index contributed by atoms with van der Waals surface area (Å²) in [6.07, 6.45) is 12.2. The first-order valence-electron chi connectivity index (χ1n) is 9.21. The Morgan fingerprint density at radius 2 is 1.81 bits per heavy atom. The van der Waals surface area contributed by atoms with E-state index in [0.717, 1.165) is 29.2 Å². The number of alkyl halides is 1. The van der Waals surface area contributed by atoms with Crippen LogP contribution in [-0.4, -0.2) is 17.0 Å². The molecule has 0 aromatic rings. The molecule has 122 valence electrons. The maximum atomic E-state index is 6.27. The molecule has 3 fully saturated rings. The van der Waals surface area contributed by atoms with Gasteiger partial charge in [-0.25, -0.2) is 0 Å². The maximum absolute atomic E-state index is 6.27. The smallest absolute Gasteiger partial charge is 0.0685 e. The highest BCUT2D eigenvalue weighted by atomic mass is 79.9. The first-order valence-corrected chi connectivity index (χ1v) is 10.1. The number of hydrogen-bond donors (Lipinski definition) is 0. The summed E-state index contributed by atoms with van der Waals surface area (Å²) in [6.45, 7) is 8.53. The molecule has 1 aliphatic heterocycles. The summed E-state index contributed by atoms with van der Waals surface area (Å²) in [7, 11) is 0. The lowest BCUT2D eigenvalue weighted by molar-refractivity contribution is -0.121. The summed E-state index contributed by atoms with van der Waals surface area (Å²) in [5, 5.41) is 0. The lowest BCUT2D eigenvalue weighted by Crippen LogP contribution is -2.47. The first kappa shape index (κ1) is 16.3. The minimum Gasteiger partial charge on any atom is -0.375 e. The Kier molecular flexibility index (Phi) is 4.77. The summed E-state index contributed by atoms with van der Waals surface area (Å²) in [5.41, 5.74) is 0.720. The lowest BCUT2D eigenvalue weighted by Gasteiger charge is -2.51. The molecule has 3 rings (SSSR count). The third-order valence-electron chi connectivity index (χ3n) is 7.05. The minimum absolute atomic E-state index is 0.268. The van der Waals surface area contributed by atoms with E-state index in [1.165, 1.54) is 57.8 Å². The zero-order valence-electron chi connectivity index (χ0n) is 14.2. The van der Waals surface area contributed by atoms with E-state index in [4.69, 9.17) is 4.74 Å². The third-order valence-corrected chi connectivity index (χ3v) is 8.06. The van der Waals surface area contributed by atoms with Crippen LogP contribution in [0.3, 0.4) is 0 Å². The molecule has 1 saturated heterocycles. The average Bonchev–Trinajstić information content (AvgIpc) is 2.86. The molecule has 0 amide bonds. The summed E-state index contributed by atoms with van der Waals surface area (Å²) >= 11 is 4.04. The molecule has 4 atom stereocenters. The Labute approximate surface area is 139 Å². The molecule has 1 spiro atoms. The molecule has 0 N–H and O–H groups in total. The van der Waals surface area contributed by atoms with Crippen LogP contribution in [0, 0.1) is 23.2 Å². The molecule has 3 aliphatic rings. The number of halogens is 1. The fraction of sp³-hybridized carbons (Fsp3) is 1.00. The van der Waals surface area contributed by atoms with Gasteiger partial charge in [0.25, 0.3) is 0 Å². The van der Waals surface area contributed by atoms with Crippen LogP contribution in [-0.2, 0) is 4.74 Å². The number of rotatable bonds is 2. The Morgan fingerprint density at radius 3 is 2.48 bits per heavy atom. The van der Waals surface area contributed by atoms with Crippen molar-refractivity contribution in [1.82, 2.24) is 0 Å². The van der Waals surface area contributed by atoms with Crippen molar-refractivity contribution in [3.8, 4) is 0 Å². The monoisotopic (exact) mass is 356 g/mol. The number of hydrogen-bond acceptors (Lipinski definition) is 1. The van der Waals surface area contributed by atoms with Crippen LogP contribution < -0.4 is 0 Å². The zero-order chi connectivity index (χ0) is 15.1. The molecule has 2 saturated carbocycles. The van der Waals surface area contributed by atoms with Crippen LogP contribution in [0.2, 0.25) is 0 Å². The van der Waals surface area contributed by atoms with Gasteiger partial charge in [-0.1, -0.05) is 56.0 Å². The minimum atomic E-state index is 0.268. The lowest BCUT2D eigenvalue weighted by atomic mass is 9.60. The van der Waals surface area contributed by atoms with Gasteiger partial charge in [0.05, 0.1) is 5.60 Å². The quantitative estimate of drug-likeness (QED) is 0.555. The zero-order valence-corrected chi connectivity index (χ0v) is 15.8. The van der Waals surface area contributed by atoms with Crippen LogP contribution >= 0.6 is 15.9 Å². The van der Waals surface area contributed by atoms with Gasteiger partial charge in [-0.2, -0.15) is 0 Å². The molecule has 4 unspecified atom stereocenters. The second-order valence-electron chi connectivity index (χ2n) is 8.79. The molecular weight excluding hydrogens is 324 g/mol. The topological polar surface area (TPSA) is 9.23 Å². The fourth-order valence-electron chi connectivity index (χ4n) is 5.48. The van der Waals surface area contributed by atoms with E-state index in [-0.39, 0.29) is 5.60 Å². The molecule has 2 aliphatic carbocycles. The highest BCUT2D eigenvalue weighted by Crippen LogP contribution is 2.53. The van der Waals surface area contributed by atoms with Crippen molar-refractivity contribution in [2.45, 2.75) is 89.0 Å². The Hall–Kier alpha value is 0.440. The van der Waals surface area contributed by atoms with Gasteiger partial charge in [0.15, 0.2) is 0 Å². The Morgan fingerprint density at radius 1 is 1.10 bits per heavy atom. The molecule has 0 aromatic carbocycles. The number of ether oxygens (including phenoxy) is 1. The van der Waals surface area contributed by atoms with Crippen LogP contribution in [0.15, 0.2) is 0 Å². The summed E-state index contributed by atoms with van der Waals surface area (Å²) in [4.78, 5) is 0.721. The largest absolute Gasteiger partial charge is 0.375 e. The normalized spacial score (nSPS) is 40.6. The van der Waals surface area contributed by atoms with Crippen LogP contribution in [0.5, 0.6) is 0 Å². The molecule has 0 radical (unpaired) electrons. The highest BCUT2D eigenvalue weighted by Gasteiger charge is 2.48. The molecule has 1 nitrogen and oxygen atoms in total. The molecule has 0 aromatic heterocycles. The second-order valence-corrected chi connectivity index (χ2v) is 9.97. The van der Waals surface area contributed by atoms with E-state index >= 15 is 0 Å². The van der Waals surface area contributed by atoms with E-state index in [1.807, 2.05) is 0 Å². The van der Waals surface area contributed by atoms with E-state index in [2.05, 4.69) is 36.7 Å². The second kappa shape index (κ2) is 6.15. The highest BCUT2D eigenvalue weighted by molar-refractivity contribution is 9.09. The summed E-state index contributed by atoms with van der Waals surface area (Å²) in [5.74, 6) is 2.59. The molecule has 0 bridgehead atoms. The van der Waals surface area contributed by atoms with Crippen LogP contribution in [0.4, 0.5) is 0 Å². The van der Waals surface area contributed by atoms with Gasteiger partial charge in [-0.3, -0.25) is 0 Å². The van der Waals surface area contributed by atoms with E-state index in [1.54, 1.807) is 0 Å². The van der Waals surface area contributed by atoms with E-state index in [9.17, 15) is 0 Å². The van der Waals surface area contributed by atoms with E-state index < -0.39 is 0 Å². The summed E-state index contributed by atoms with van der Waals surface area (Å²) < 4.78 is 6.27. The van der Waals surface area contributed by atoms with Crippen molar-refractivity contribution in [2.24, 2.45) is 23.2 Å². The molecule has 21 heavy (non-hydrogen) atoms. The van der Waals surface area contributed by atoms with Gasteiger partial charge >= 0.3 is 0 Å². The van der Waals surface area contributed by atoms with E-state index in [0.29, 0.717) is 5.41 Å².